The maximum atomic E-state index is 2.64. The first kappa shape index (κ1) is 31.9. The summed E-state index contributed by atoms with van der Waals surface area (Å²) in [6.07, 6.45) is 40.7. The third-order valence-electron chi connectivity index (χ3n) is 12.1. The van der Waals surface area contributed by atoms with Crippen LogP contribution in [0.25, 0.3) is 11.1 Å². The molecule has 254 valence electrons. The Morgan fingerprint density at radius 3 is 2.37 bits per heavy atom. The van der Waals surface area contributed by atoms with Gasteiger partial charge in [-0.25, -0.2) is 0 Å². The van der Waals surface area contributed by atoms with E-state index in [1.165, 1.54) is 62.6 Å². The van der Waals surface area contributed by atoms with Crippen molar-refractivity contribution in [3.63, 3.8) is 0 Å². The molecular formula is C49H48N2. The van der Waals surface area contributed by atoms with Crippen molar-refractivity contribution < 1.29 is 0 Å². The molecule has 0 fully saturated rings. The Morgan fingerprint density at radius 2 is 1.57 bits per heavy atom. The monoisotopic (exact) mass is 664 g/mol. The second-order valence-electron chi connectivity index (χ2n) is 15.0. The van der Waals surface area contributed by atoms with Gasteiger partial charge in [0.25, 0.3) is 0 Å². The minimum Gasteiger partial charge on any atom is -0.337 e. The first-order valence-corrected chi connectivity index (χ1v) is 19.2. The van der Waals surface area contributed by atoms with Gasteiger partial charge in [-0.3, -0.25) is 0 Å². The lowest BCUT2D eigenvalue weighted by molar-refractivity contribution is 0.556. The molecule has 0 amide bonds. The summed E-state index contributed by atoms with van der Waals surface area (Å²) < 4.78 is 0. The van der Waals surface area contributed by atoms with Crippen molar-refractivity contribution in [2.24, 2.45) is 5.92 Å². The molecule has 2 heterocycles. The average Bonchev–Trinajstić information content (AvgIpc) is 3.71. The molecule has 0 bridgehead atoms. The third-order valence-corrected chi connectivity index (χ3v) is 12.1. The smallest absolute Gasteiger partial charge is 0.0626 e. The van der Waals surface area contributed by atoms with Crippen molar-refractivity contribution in [1.29, 1.82) is 0 Å². The van der Waals surface area contributed by atoms with Crippen molar-refractivity contribution in [3.8, 4) is 11.1 Å². The number of anilines is 2. The van der Waals surface area contributed by atoms with Crippen LogP contribution in [0, 0.1) is 5.92 Å². The summed E-state index contributed by atoms with van der Waals surface area (Å²) in [4.78, 5) is 5.26. The van der Waals surface area contributed by atoms with Crippen LogP contribution in [0.4, 0.5) is 11.4 Å². The van der Waals surface area contributed by atoms with Gasteiger partial charge in [-0.15, -0.1) is 0 Å². The van der Waals surface area contributed by atoms with E-state index in [1.807, 2.05) is 0 Å². The van der Waals surface area contributed by atoms with E-state index in [-0.39, 0.29) is 0 Å². The number of fused-ring (bicyclic) bond motifs is 6. The standard InChI is InChI=1S/C49H48N2/c1-3-40(28-25-34(2)35-15-6-4-7-16-35)50-46-23-12-10-21-42(46)44-32-38(26-29-48(44)50)39-27-30-49-45(33-39)43-22-11-13-24-47(43)51(49)41-20-14-19-37(31-41)36-17-8-5-9-18-36/h3-6,8-11,13-15,17-22,24-30,32-34,37,42-43,46-47H,7,12,16,23,31H2,1-2H3/b28-25-,40-3+. The molecule has 3 aromatic rings. The first-order chi connectivity index (χ1) is 25.2. The Bertz CT molecular complexity index is 2100. The number of hydrogen-bond acceptors (Lipinski definition) is 2. The van der Waals surface area contributed by atoms with E-state index in [4.69, 9.17) is 0 Å². The van der Waals surface area contributed by atoms with Crippen molar-refractivity contribution in [2.45, 2.75) is 75.8 Å². The Morgan fingerprint density at radius 1 is 0.765 bits per heavy atom. The number of allylic oxidation sites excluding steroid dienone is 14. The van der Waals surface area contributed by atoms with Gasteiger partial charge in [0.2, 0.25) is 0 Å². The van der Waals surface area contributed by atoms with Gasteiger partial charge in [-0.1, -0.05) is 134 Å². The highest BCUT2D eigenvalue weighted by atomic mass is 15.2. The summed E-state index contributed by atoms with van der Waals surface area (Å²) in [5.74, 6) is 1.59. The molecule has 6 aliphatic rings. The van der Waals surface area contributed by atoms with Crippen LogP contribution in [0.15, 0.2) is 175 Å². The highest BCUT2D eigenvalue weighted by molar-refractivity contribution is 5.79. The van der Waals surface area contributed by atoms with Crippen LogP contribution in [0.5, 0.6) is 0 Å². The minimum atomic E-state index is 0.303. The maximum Gasteiger partial charge on any atom is 0.0626 e. The van der Waals surface area contributed by atoms with Gasteiger partial charge >= 0.3 is 0 Å². The zero-order valence-corrected chi connectivity index (χ0v) is 29.9. The fraction of sp³-hybridized carbons (Fsp3) is 0.265. The van der Waals surface area contributed by atoms with Crippen molar-refractivity contribution >= 4 is 11.4 Å². The van der Waals surface area contributed by atoms with Crippen molar-refractivity contribution in [3.05, 3.63) is 192 Å². The van der Waals surface area contributed by atoms with Crippen LogP contribution in [0.1, 0.15) is 80.4 Å². The molecule has 2 aliphatic heterocycles. The molecule has 2 heteroatoms. The van der Waals surface area contributed by atoms with Gasteiger partial charge in [0.05, 0.1) is 6.04 Å². The lowest BCUT2D eigenvalue weighted by Crippen LogP contribution is -2.33. The Hall–Kier alpha value is -5.08. The molecule has 4 aliphatic carbocycles. The van der Waals surface area contributed by atoms with Gasteiger partial charge in [0, 0.05) is 46.6 Å². The van der Waals surface area contributed by atoms with E-state index in [1.54, 1.807) is 0 Å². The second kappa shape index (κ2) is 13.6. The highest BCUT2D eigenvalue weighted by Gasteiger charge is 2.41. The molecular weight excluding hydrogens is 617 g/mol. The predicted octanol–water partition coefficient (Wildman–Crippen LogP) is 12.4. The number of benzene rings is 3. The summed E-state index contributed by atoms with van der Waals surface area (Å²) in [5, 5.41) is 0. The lowest BCUT2D eigenvalue weighted by atomic mass is 9.86. The molecule has 0 spiro atoms. The fourth-order valence-corrected chi connectivity index (χ4v) is 9.46. The topological polar surface area (TPSA) is 6.48 Å². The summed E-state index contributed by atoms with van der Waals surface area (Å²) in [5.41, 5.74) is 13.9. The zero-order chi connectivity index (χ0) is 34.3. The Labute approximate surface area is 304 Å². The van der Waals surface area contributed by atoms with Crippen LogP contribution < -0.4 is 9.80 Å². The maximum absolute atomic E-state index is 2.64. The van der Waals surface area contributed by atoms with Crippen LogP contribution in [0.2, 0.25) is 0 Å². The van der Waals surface area contributed by atoms with E-state index in [0.717, 1.165) is 25.7 Å². The van der Waals surface area contributed by atoms with Gasteiger partial charge in [0.15, 0.2) is 0 Å². The van der Waals surface area contributed by atoms with Crippen LogP contribution in [-0.4, -0.2) is 12.1 Å². The van der Waals surface area contributed by atoms with Gasteiger partial charge in [-0.2, -0.15) is 0 Å². The van der Waals surface area contributed by atoms with Crippen LogP contribution in [-0.2, 0) is 0 Å². The molecule has 0 saturated heterocycles. The number of nitrogens with zero attached hydrogens (tertiary/aromatic N) is 2. The molecule has 3 aromatic carbocycles. The lowest BCUT2D eigenvalue weighted by Gasteiger charge is -2.33. The summed E-state index contributed by atoms with van der Waals surface area (Å²) in [7, 11) is 0. The van der Waals surface area contributed by atoms with Crippen molar-refractivity contribution in [2.75, 3.05) is 9.80 Å². The van der Waals surface area contributed by atoms with E-state index < -0.39 is 0 Å². The zero-order valence-electron chi connectivity index (χ0n) is 29.9. The SMILES string of the molecule is C/C=C(\C=C/C(C)C1=CC=CCC1)N1c2ccc(-c3ccc4c(c3)C3C=CC=CC3N4C3=CC=CC(c4ccccc4)C3)cc2C2C=CCCC21. The number of hydrogen-bond donors (Lipinski definition) is 0. The molecule has 6 atom stereocenters. The highest BCUT2D eigenvalue weighted by Crippen LogP contribution is 2.51. The van der Waals surface area contributed by atoms with Crippen molar-refractivity contribution in [1.82, 2.24) is 0 Å². The summed E-state index contributed by atoms with van der Waals surface area (Å²) in [6, 6.07) is 26.2. The van der Waals surface area contributed by atoms with Crippen LogP contribution in [0.3, 0.4) is 0 Å². The van der Waals surface area contributed by atoms with Gasteiger partial charge < -0.3 is 9.80 Å². The van der Waals surface area contributed by atoms with Gasteiger partial charge in [0.1, 0.15) is 0 Å². The average molecular weight is 665 g/mol. The Balaban J connectivity index is 1.03. The quantitative estimate of drug-likeness (QED) is 0.183. The molecule has 0 radical (unpaired) electrons. The molecule has 6 unspecified atom stereocenters. The van der Waals surface area contributed by atoms with E-state index in [2.05, 4.69) is 182 Å². The van der Waals surface area contributed by atoms with E-state index >= 15 is 0 Å². The molecule has 0 N–H and O–H groups in total. The normalized spacial score (nSPS) is 26.5. The van der Waals surface area contributed by atoms with E-state index in [9.17, 15) is 0 Å². The largest absolute Gasteiger partial charge is 0.337 e. The molecule has 51 heavy (non-hydrogen) atoms. The second-order valence-corrected chi connectivity index (χ2v) is 15.0. The Kier molecular flexibility index (Phi) is 8.48. The molecule has 2 nitrogen and oxygen atoms in total. The van der Waals surface area contributed by atoms with E-state index in [0.29, 0.717) is 35.8 Å². The predicted molar refractivity (Wildman–Crippen MR) is 216 cm³/mol. The fourth-order valence-electron chi connectivity index (χ4n) is 9.46. The number of rotatable bonds is 7. The first-order valence-electron chi connectivity index (χ1n) is 19.2. The van der Waals surface area contributed by atoms with Crippen LogP contribution >= 0.6 is 0 Å². The minimum absolute atomic E-state index is 0.303. The van der Waals surface area contributed by atoms with Gasteiger partial charge in [-0.05, 0) is 109 Å². The summed E-state index contributed by atoms with van der Waals surface area (Å²) >= 11 is 0. The molecule has 9 rings (SSSR count). The molecule has 0 saturated carbocycles. The summed E-state index contributed by atoms with van der Waals surface area (Å²) in [6.45, 7) is 4.54. The molecule has 0 aromatic heterocycles. The third kappa shape index (κ3) is 5.75.